The van der Waals surface area contributed by atoms with Gasteiger partial charge in [0.15, 0.2) is 0 Å². The first-order chi connectivity index (χ1) is 22.4. The zero-order chi connectivity index (χ0) is 29.5. The van der Waals surface area contributed by atoms with Crippen molar-refractivity contribution in [3.8, 4) is 16.8 Å². The standard InChI is InChI=1S/C41H27N4/c1-2-11-29(12-3-1)44-34-15-5-4-13-31(34)32-23-24-37-39(41(32)44)33-14-8-18-38-40(33)45(37)36-17-7-6-16-35(36)43(38)30-21-19-27(20-22-30)28-10-9-25-42-26-28/h1-26,36H/q+1. The number of hydrogen-bond acceptors (Lipinski definition) is 1. The molecule has 2 aliphatic rings. The Morgan fingerprint density at radius 3 is 2.31 bits per heavy atom. The molecule has 45 heavy (non-hydrogen) atoms. The van der Waals surface area contributed by atoms with Crippen molar-refractivity contribution in [2.45, 2.75) is 6.04 Å². The summed E-state index contributed by atoms with van der Waals surface area (Å²) in [6.07, 6.45) is 12.7. The lowest BCUT2D eigenvalue weighted by Crippen LogP contribution is -2.30. The molecule has 5 aromatic carbocycles. The highest BCUT2D eigenvalue weighted by Gasteiger charge is 2.38. The number of hydrogen-bond donors (Lipinski definition) is 0. The molecule has 3 aromatic heterocycles. The molecule has 1 unspecified atom stereocenters. The molecular weight excluding hydrogens is 548 g/mol. The largest absolute Gasteiger partial charge is 0.318 e. The van der Waals surface area contributed by atoms with E-state index in [1.807, 2.05) is 18.5 Å². The van der Waals surface area contributed by atoms with Crippen LogP contribution in [0.3, 0.4) is 0 Å². The van der Waals surface area contributed by atoms with E-state index in [0.717, 1.165) is 16.8 Å². The first kappa shape index (κ1) is 24.4. The van der Waals surface area contributed by atoms with Crippen LogP contribution in [0.15, 0.2) is 158 Å². The summed E-state index contributed by atoms with van der Waals surface area (Å²) in [6.45, 7) is 0. The van der Waals surface area contributed by atoms with Gasteiger partial charge in [0.2, 0.25) is 17.1 Å². The number of benzene rings is 5. The summed E-state index contributed by atoms with van der Waals surface area (Å²) in [5, 5.41) is 5.11. The topological polar surface area (TPSA) is 25.8 Å². The number of allylic oxidation sites excluding steroid dienone is 4. The lowest BCUT2D eigenvalue weighted by Gasteiger charge is -2.24. The van der Waals surface area contributed by atoms with Gasteiger partial charge in [-0.1, -0.05) is 78.9 Å². The molecule has 0 saturated heterocycles. The molecule has 210 valence electrons. The van der Waals surface area contributed by atoms with Gasteiger partial charge < -0.3 is 9.13 Å². The highest BCUT2D eigenvalue weighted by molar-refractivity contribution is 6.28. The van der Waals surface area contributed by atoms with Gasteiger partial charge in [-0.2, -0.15) is 4.58 Å². The third kappa shape index (κ3) is 3.36. The minimum atomic E-state index is 0.0647. The molecule has 10 rings (SSSR count). The van der Waals surface area contributed by atoms with E-state index in [4.69, 9.17) is 0 Å². The molecule has 0 saturated carbocycles. The van der Waals surface area contributed by atoms with Gasteiger partial charge in [-0.25, -0.2) is 0 Å². The van der Waals surface area contributed by atoms with Crippen molar-refractivity contribution in [1.82, 2.24) is 18.7 Å². The van der Waals surface area contributed by atoms with Crippen LogP contribution in [-0.4, -0.2) is 19.8 Å². The van der Waals surface area contributed by atoms with E-state index in [-0.39, 0.29) is 6.04 Å². The quantitative estimate of drug-likeness (QED) is 0.193. The first-order valence-electron chi connectivity index (χ1n) is 15.4. The number of nitrogens with zero attached hydrogens (tertiary/aromatic N) is 4. The van der Waals surface area contributed by atoms with E-state index in [9.17, 15) is 0 Å². The maximum Gasteiger partial charge on any atom is 0.235 e. The second-order valence-electron chi connectivity index (χ2n) is 11.8. The van der Waals surface area contributed by atoms with Gasteiger partial charge in [-0.05, 0) is 53.6 Å². The second kappa shape index (κ2) is 9.25. The molecule has 0 spiro atoms. The summed E-state index contributed by atoms with van der Waals surface area (Å²) in [4.78, 5) is 4.32. The van der Waals surface area contributed by atoms with Crippen molar-refractivity contribution in [1.29, 1.82) is 0 Å². The van der Waals surface area contributed by atoms with E-state index < -0.39 is 0 Å². The van der Waals surface area contributed by atoms with Crippen LogP contribution in [0.4, 0.5) is 11.4 Å². The number of pyridine rings is 1. The van der Waals surface area contributed by atoms with E-state index in [2.05, 4.69) is 158 Å². The Hall–Kier alpha value is -6.00. The smallest absolute Gasteiger partial charge is 0.235 e. The average molecular weight is 576 g/mol. The van der Waals surface area contributed by atoms with Crippen LogP contribution >= 0.6 is 0 Å². The lowest BCUT2D eigenvalue weighted by molar-refractivity contribution is 0.781. The first-order valence-corrected chi connectivity index (χ1v) is 15.4. The molecule has 8 aromatic rings. The molecule has 0 amide bonds. The molecule has 4 heterocycles. The minimum Gasteiger partial charge on any atom is -0.318 e. The van der Waals surface area contributed by atoms with E-state index >= 15 is 0 Å². The fourth-order valence-corrected chi connectivity index (χ4v) is 7.64. The molecular formula is C41H27N4+. The Balaban J connectivity index is 1.30. The van der Waals surface area contributed by atoms with Gasteiger partial charge in [-0.15, -0.1) is 0 Å². The molecule has 0 fully saturated rings. The molecule has 0 radical (unpaired) electrons. The van der Waals surface area contributed by atoms with Gasteiger partial charge in [0.05, 0.1) is 16.6 Å². The molecule has 4 heteroatoms. The number of aromatic nitrogens is 3. The van der Waals surface area contributed by atoms with Gasteiger partial charge in [0.1, 0.15) is 11.6 Å². The van der Waals surface area contributed by atoms with E-state index in [1.165, 1.54) is 60.7 Å². The predicted octanol–water partition coefficient (Wildman–Crippen LogP) is 9.91. The molecule has 4 nitrogen and oxygen atoms in total. The van der Waals surface area contributed by atoms with Crippen LogP contribution in [0.2, 0.25) is 0 Å². The van der Waals surface area contributed by atoms with Gasteiger partial charge in [0, 0.05) is 63.9 Å². The summed E-state index contributed by atoms with van der Waals surface area (Å²) >= 11 is 0. The van der Waals surface area contributed by atoms with E-state index in [0.29, 0.717) is 0 Å². The van der Waals surface area contributed by atoms with Crippen LogP contribution in [-0.2, 0) is 0 Å². The van der Waals surface area contributed by atoms with Crippen LogP contribution < -0.4 is 4.58 Å². The zero-order valence-corrected chi connectivity index (χ0v) is 24.4. The van der Waals surface area contributed by atoms with Crippen molar-refractivity contribution in [3.05, 3.63) is 158 Å². The Morgan fingerprint density at radius 1 is 0.600 bits per heavy atom. The van der Waals surface area contributed by atoms with Crippen LogP contribution in [0.25, 0.3) is 60.4 Å². The lowest BCUT2D eigenvalue weighted by atomic mass is 10.0. The van der Waals surface area contributed by atoms with Gasteiger partial charge in [0.25, 0.3) is 0 Å². The van der Waals surface area contributed by atoms with Crippen LogP contribution in [0.5, 0.6) is 0 Å². The predicted molar refractivity (Wildman–Crippen MR) is 187 cm³/mol. The van der Waals surface area contributed by atoms with Crippen molar-refractivity contribution in [2.75, 3.05) is 0 Å². The Labute approximate surface area is 259 Å². The summed E-state index contributed by atoms with van der Waals surface area (Å²) in [5.74, 6) is 0. The Bertz CT molecular complexity index is 2560. The minimum absolute atomic E-state index is 0.0647. The maximum absolute atomic E-state index is 4.32. The highest BCUT2D eigenvalue weighted by atomic mass is 15.2. The van der Waals surface area contributed by atoms with Crippen molar-refractivity contribution < 1.29 is 0 Å². The third-order valence-corrected chi connectivity index (χ3v) is 9.49. The van der Waals surface area contributed by atoms with Crippen LogP contribution in [0.1, 0.15) is 6.04 Å². The highest BCUT2D eigenvalue weighted by Crippen LogP contribution is 2.47. The Morgan fingerprint density at radius 2 is 1.44 bits per heavy atom. The summed E-state index contributed by atoms with van der Waals surface area (Å²) < 4.78 is 7.46. The summed E-state index contributed by atoms with van der Waals surface area (Å²) in [7, 11) is 0. The molecule has 1 aliphatic carbocycles. The summed E-state index contributed by atoms with van der Waals surface area (Å²) in [6, 6.07) is 44.1. The fraction of sp³-hybridized carbons (Fsp3) is 0.0244. The second-order valence-corrected chi connectivity index (χ2v) is 11.8. The van der Waals surface area contributed by atoms with Crippen molar-refractivity contribution >= 4 is 60.7 Å². The van der Waals surface area contributed by atoms with Crippen molar-refractivity contribution in [3.63, 3.8) is 0 Å². The zero-order valence-electron chi connectivity index (χ0n) is 24.4. The summed E-state index contributed by atoms with van der Waals surface area (Å²) in [5.41, 5.74) is 12.0. The molecule has 1 aliphatic heterocycles. The van der Waals surface area contributed by atoms with Gasteiger partial charge >= 0.3 is 0 Å². The maximum atomic E-state index is 4.32. The van der Waals surface area contributed by atoms with Crippen LogP contribution in [0, 0.1) is 0 Å². The normalized spacial score (nSPS) is 15.5. The van der Waals surface area contributed by atoms with Gasteiger partial charge in [-0.3, -0.25) is 4.98 Å². The SMILES string of the molecule is C1=CC2=[N+](c3ccc(-c4cccnc4)cc3)c3cccc4c5c6c(ccc5n(c34)C2C=C1)c1ccccc1n6-c1ccccc1. The number of fused-ring (bicyclic) bond motifs is 9. The Kier molecular flexibility index (Phi) is 5.02. The molecule has 1 atom stereocenters. The van der Waals surface area contributed by atoms with Crippen molar-refractivity contribution in [2.24, 2.45) is 0 Å². The van der Waals surface area contributed by atoms with E-state index in [1.54, 1.807) is 0 Å². The monoisotopic (exact) mass is 575 g/mol. The average Bonchev–Trinajstić information content (AvgIpc) is 3.63. The molecule has 0 bridgehead atoms. The number of rotatable bonds is 3. The molecule has 0 N–H and O–H groups in total. The fourth-order valence-electron chi connectivity index (χ4n) is 7.64. The third-order valence-electron chi connectivity index (χ3n) is 9.49. The number of para-hydroxylation sites is 3.